The van der Waals surface area contributed by atoms with Crippen LogP contribution in [0.3, 0.4) is 0 Å². The van der Waals surface area contributed by atoms with Crippen LogP contribution >= 0.6 is 11.5 Å². The highest BCUT2D eigenvalue weighted by atomic mass is 32.1. The van der Waals surface area contributed by atoms with Gasteiger partial charge in [-0.15, -0.1) is 5.10 Å². The number of hydroxylamine groups is 1. The predicted octanol–water partition coefficient (Wildman–Crippen LogP) is 2.44. The number of amides is 1. The van der Waals surface area contributed by atoms with E-state index in [9.17, 15) is 4.79 Å². The molecule has 2 rings (SSSR count). The van der Waals surface area contributed by atoms with Crippen LogP contribution in [-0.4, -0.2) is 21.6 Å². The van der Waals surface area contributed by atoms with Crippen molar-refractivity contribution in [1.82, 2.24) is 15.1 Å². The van der Waals surface area contributed by atoms with Crippen molar-refractivity contribution >= 4 is 17.4 Å². The lowest BCUT2D eigenvalue weighted by Crippen LogP contribution is -2.29. The molecule has 1 heterocycles. The maximum Gasteiger partial charge on any atom is 0.288 e. The van der Waals surface area contributed by atoms with Crippen molar-refractivity contribution in [2.45, 2.75) is 58.0 Å². The number of carbonyl (C=O) groups is 1. The zero-order chi connectivity index (χ0) is 13.2. The summed E-state index contributed by atoms with van der Waals surface area (Å²) >= 11 is 1.11. The second-order valence-electron chi connectivity index (χ2n) is 5.66. The molecule has 0 aromatic carbocycles. The molecule has 0 atom stereocenters. The summed E-state index contributed by atoms with van der Waals surface area (Å²) in [7, 11) is 0. The number of rotatable bonds is 3. The number of nitrogens with one attached hydrogen (secondary N) is 1. The Labute approximate surface area is 111 Å². The summed E-state index contributed by atoms with van der Waals surface area (Å²) in [4.78, 5) is 18.0. The van der Waals surface area contributed by atoms with Crippen LogP contribution in [0.2, 0.25) is 0 Å². The van der Waals surface area contributed by atoms with Crippen LogP contribution in [-0.2, 0) is 10.3 Å². The van der Waals surface area contributed by atoms with Crippen molar-refractivity contribution in [1.29, 1.82) is 0 Å². The van der Waals surface area contributed by atoms with Gasteiger partial charge in [0.25, 0.3) is 5.91 Å². The molecule has 0 saturated heterocycles. The van der Waals surface area contributed by atoms with E-state index in [2.05, 4.69) is 15.1 Å². The molecule has 1 aliphatic rings. The Kier molecular flexibility index (Phi) is 3.97. The lowest BCUT2D eigenvalue weighted by Gasteiger charge is -2.16. The molecular weight excluding hydrogens is 250 g/mol. The van der Waals surface area contributed by atoms with Crippen molar-refractivity contribution < 1.29 is 9.63 Å². The van der Waals surface area contributed by atoms with Gasteiger partial charge in [-0.25, -0.2) is 5.48 Å². The zero-order valence-electron chi connectivity index (χ0n) is 11.0. The molecule has 1 aromatic heterocycles. The standard InChI is InChI=1S/C12H19N3O2S/c1-12(2,3)10-9(18-15-13-10)11(16)14-17-8-6-4-5-7-8/h8H,4-7H2,1-3H3,(H,14,16). The van der Waals surface area contributed by atoms with Crippen LogP contribution in [0.4, 0.5) is 0 Å². The van der Waals surface area contributed by atoms with Gasteiger partial charge >= 0.3 is 0 Å². The summed E-state index contributed by atoms with van der Waals surface area (Å²) in [6.45, 7) is 6.04. The minimum atomic E-state index is -0.234. The van der Waals surface area contributed by atoms with Crippen LogP contribution < -0.4 is 5.48 Å². The van der Waals surface area contributed by atoms with Gasteiger partial charge in [0.1, 0.15) is 4.88 Å². The summed E-state index contributed by atoms with van der Waals surface area (Å²) in [5, 5.41) is 4.04. The average molecular weight is 269 g/mol. The van der Waals surface area contributed by atoms with Crippen LogP contribution in [0, 0.1) is 0 Å². The smallest absolute Gasteiger partial charge is 0.270 e. The maximum atomic E-state index is 12.0. The van der Waals surface area contributed by atoms with Crippen molar-refractivity contribution in [3.05, 3.63) is 10.6 Å². The highest BCUT2D eigenvalue weighted by Gasteiger charge is 2.27. The molecule has 0 unspecified atom stereocenters. The lowest BCUT2D eigenvalue weighted by molar-refractivity contribution is -0.0123. The van der Waals surface area contributed by atoms with Crippen molar-refractivity contribution in [2.75, 3.05) is 0 Å². The average Bonchev–Trinajstić information content (AvgIpc) is 2.95. The number of carbonyl (C=O) groups excluding carboxylic acids is 1. The van der Waals surface area contributed by atoms with Gasteiger partial charge in [-0.3, -0.25) is 9.63 Å². The Hall–Kier alpha value is -1.01. The first kappa shape index (κ1) is 13.4. The topological polar surface area (TPSA) is 64.1 Å². The van der Waals surface area contributed by atoms with E-state index in [-0.39, 0.29) is 17.4 Å². The molecule has 18 heavy (non-hydrogen) atoms. The first-order valence-corrected chi connectivity index (χ1v) is 7.04. The van der Waals surface area contributed by atoms with Crippen LogP contribution in [0.25, 0.3) is 0 Å². The minimum absolute atomic E-state index is 0.160. The molecule has 1 N–H and O–H groups in total. The Morgan fingerprint density at radius 3 is 2.67 bits per heavy atom. The van der Waals surface area contributed by atoms with Crippen LogP contribution in [0.15, 0.2) is 0 Å². The molecule has 1 amide bonds. The third kappa shape index (κ3) is 3.05. The second-order valence-corrected chi connectivity index (χ2v) is 6.41. The fraction of sp³-hybridized carbons (Fsp3) is 0.750. The van der Waals surface area contributed by atoms with Gasteiger partial charge in [-0.1, -0.05) is 38.1 Å². The number of hydrogen-bond donors (Lipinski definition) is 1. The number of aromatic nitrogens is 2. The SMILES string of the molecule is CC(C)(C)c1nnsc1C(=O)NOC1CCCC1. The molecule has 6 heteroatoms. The van der Waals surface area contributed by atoms with E-state index < -0.39 is 0 Å². The van der Waals surface area contributed by atoms with E-state index in [1.807, 2.05) is 20.8 Å². The summed E-state index contributed by atoms with van der Waals surface area (Å²) in [6, 6.07) is 0. The van der Waals surface area contributed by atoms with Gasteiger partial charge in [0, 0.05) is 5.41 Å². The molecular formula is C12H19N3O2S. The van der Waals surface area contributed by atoms with E-state index in [1.54, 1.807) is 0 Å². The zero-order valence-corrected chi connectivity index (χ0v) is 11.8. The Morgan fingerprint density at radius 2 is 2.06 bits per heavy atom. The number of nitrogens with zero attached hydrogens (tertiary/aromatic N) is 2. The van der Waals surface area contributed by atoms with E-state index in [4.69, 9.17) is 4.84 Å². The molecule has 0 spiro atoms. The van der Waals surface area contributed by atoms with Crippen molar-refractivity contribution in [3.8, 4) is 0 Å². The predicted molar refractivity (Wildman–Crippen MR) is 69.4 cm³/mol. The fourth-order valence-corrected chi connectivity index (χ4v) is 2.78. The first-order chi connectivity index (χ1) is 8.48. The highest BCUT2D eigenvalue weighted by molar-refractivity contribution is 7.08. The van der Waals surface area contributed by atoms with E-state index in [1.165, 1.54) is 12.8 Å². The van der Waals surface area contributed by atoms with Crippen LogP contribution in [0.1, 0.15) is 61.8 Å². The summed E-state index contributed by atoms with van der Waals surface area (Å²) < 4.78 is 3.86. The van der Waals surface area contributed by atoms with Gasteiger partial charge in [0.2, 0.25) is 0 Å². The fourth-order valence-electron chi connectivity index (χ4n) is 2.02. The molecule has 1 aromatic rings. The normalized spacial score (nSPS) is 17.1. The Morgan fingerprint density at radius 1 is 1.39 bits per heavy atom. The first-order valence-electron chi connectivity index (χ1n) is 6.27. The highest BCUT2D eigenvalue weighted by Crippen LogP contribution is 2.26. The summed E-state index contributed by atoms with van der Waals surface area (Å²) in [6.07, 6.45) is 4.56. The molecule has 0 aliphatic heterocycles. The third-order valence-corrected chi connectivity index (χ3v) is 3.75. The maximum absolute atomic E-state index is 12.0. The molecule has 100 valence electrons. The van der Waals surface area contributed by atoms with Gasteiger partial charge < -0.3 is 0 Å². The van der Waals surface area contributed by atoms with Gasteiger partial charge in [-0.2, -0.15) is 0 Å². The summed E-state index contributed by atoms with van der Waals surface area (Å²) in [5.41, 5.74) is 3.07. The Balaban J connectivity index is 1.98. The molecule has 0 radical (unpaired) electrons. The Bertz CT molecular complexity index is 419. The molecule has 0 bridgehead atoms. The molecule has 5 nitrogen and oxygen atoms in total. The largest absolute Gasteiger partial charge is 0.288 e. The summed E-state index contributed by atoms with van der Waals surface area (Å²) in [5.74, 6) is -0.234. The van der Waals surface area contributed by atoms with E-state index in [0.717, 1.165) is 30.1 Å². The van der Waals surface area contributed by atoms with E-state index in [0.29, 0.717) is 4.88 Å². The van der Waals surface area contributed by atoms with Crippen molar-refractivity contribution in [2.24, 2.45) is 0 Å². The van der Waals surface area contributed by atoms with E-state index >= 15 is 0 Å². The van der Waals surface area contributed by atoms with Gasteiger partial charge in [0.15, 0.2) is 0 Å². The monoisotopic (exact) mass is 269 g/mol. The molecule has 1 fully saturated rings. The quantitative estimate of drug-likeness (QED) is 0.856. The second kappa shape index (κ2) is 5.32. The molecule has 1 aliphatic carbocycles. The minimum Gasteiger partial charge on any atom is -0.270 e. The number of hydrogen-bond acceptors (Lipinski definition) is 5. The van der Waals surface area contributed by atoms with Gasteiger partial charge in [0.05, 0.1) is 11.8 Å². The van der Waals surface area contributed by atoms with Crippen molar-refractivity contribution in [3.63, 3.8) is 0 Å². The molecule has 1 saturated carbocycles. The lowest BCUT2D eigenvalue weighted by atomic mass is 9.91. The third-order valence-electron chi connectivity index (χ3n) is 3.03. The van der Waals surface area contributed by atoms with Crippen LogP contribution in [0.5, 0.6) is 0 Å². The van der Waals surface area contributed by atoms with Gasteiger partial charge in [-0.05, 0) is 24.4 Å².